The Labute approximate surface area is 141 Å². The van der Waals surface area contributed by atoms with Crippen LogP contribution < -0.4 is 20.0 Å². The number of hydrogen-bond acceptors (Lipinski definition) is 6. The van der Waals surface area contributed by atoms with Gasteiger partial charge in [0.1, 0.15) is 0 Å². The zero-order chi connectivity index (χ0) is 17.6. The van der Waals surface area contributed by atoms with Crippen LogP contribution in [-0.4, -0.2) is 28.3 Å². The van der Waals surface area contributed by atoms with Crippen molar-refractivity contribution in [3.8, 4) is 11.5 Å². The molecule has 0 aliphatic heterocycles. The lowest BCUT2D eigenvalue weighted by atomic mass is 10.2. The highest BCUT2D eigenvalue weighted by atomic mass is 32.2. The van der Waals surface area contributed by atoms with Gasteiger partial charge < -0.3 is 9.47 Å². The van der Waals surface area contributed by atoms with Gasteiger partial charge in [-0.2, -0.15) is 5.10 Å². The van der Waals surface area contributed by atoms with Crippen molar-refractivity contribution in [1.82, 2.24) is 0 Å². The average molecular weight is 349 g/mol. The van der Waals surface area contributed by atoms with Gasteiger partial charge in [-0.25, -0.2) is 13.6 Å². The molecule has 0 fully saturated rings. The number of ether oxygens (including phenoxy) is 2. The largest absolute Gasteiger partial charge is 0.493 e. The molecule has 8 heteroatoms. The first-order chi connectivity index (χ1) is 11.4. The summed E-state index contributed by atoms with van der Waals surface area (Å²) < 4.78 is 33.1. The van der Waals surface area contributed by atoms with E-state index < -0.39 is 10.0 Å². The molecule has 0 aliphatic carbocycles. The van der Waals surface area contributed by atoms with Crippen LogP contribution in [0.3, 0.4) is 0 Å². The summed E-state index contributed by atoms with van der Waals surface area (Å²) in [6.07, 6.45) is 1.62. The molecule has 0 saturated carbocycles. The van der Waals surface area contributed by atoms with Crippen LogP contribution in [-0.2, 0) is 10.0 Å². The topological polar surface area (TPSA) is 103 Å². The zero-order valence-electron chi connectivity index (χ0n) is 13.4. The quantitative estimate of drug-likeness (QED) is 0.589. The molecule has 0 spiro atoms. The number of benzene rings is 2. The van der Waals surface area contributed by atoms with Crippen molar-refractivity contribution in [1.29, 1.82) is 0 Å². The van der Waals surface area contributed by atoms with E-state index in [1.165, 1.54) is 12.1 Å². The summed E-state index contributed by atoms with van der Waals surface area (Å²) in [5.41, 5.74) is 4.28. The zero-order valence-corrected chi connectivity index (χ0v) is 14.2. The maximum atomic E-state index is 11.2. The van der Waals surface area contributed by atoms with E-state index >= 15 is 0 Å². The molecule has 2 aromatic carbocycles. The second-order valence-electron chi connectivity index (χ2n) is 4.78. The van der Waals surface area contributed by atoms with Gasteiger partial charge in [0.25, 0.3) is 0 Å². The fourth-order valence-corrected chi connectivity index (χ4v) is 2.46. The van der Waals surface area contributed by atoms with Crippen LogP contribution in [0.15, 0.2) is 52.5 Å². The van der Waals surface area contributed by atoms with Gasteiger partial charge in [0, 0.05) is 0 Å². The minimum Gasteiger partial charge on any atom is -0.493 e. The summed E-state index contributed by atoms with van der Waals surface area (Å²) in [5, 5.41) is 9.15. The summed E-state index contributed by atoms with van der Waals surface area (Å²) in [4.78, 5) is 0.0496. The third kappa shape index (κ3) is 4.71. The number of methoxy groups -OCH3 is 1. The lowest BCUT2D eigenvalue weighted by molar-refractivity contribution is 0.311. The number of anilines is 1. The fourth-order valence-electron chi connectivity index (χ4n) is 1.94. The number of nitrogens with two attached hydrogens (primary N) is 1. The van der Waals surface area contributed by atoms with Gasteiger partial charge >= 0.3 is 0 Å². The van der Waals surface area contributed by atoms with E-state index in [-0.39, 0.29) is 4.90 Å². The van der Waals surface area contributed by atoms with E-state index in [1.807, 2.05) is 19.1 Å². The molecular weight excluding hydrogens is 330 g/mol. The van der Waals surface area contributed by atoms with Crippen molar-refractivity contribution in [3.05, 3.63) is 48.0 Å². The van der Waals surface area contributed by atoms with Crippen LogP contribution in [0.4, 0.5) is 5.69 Å². The summed E-state index contributed by atoms with van der Waals surface area (Å²) in [6.45, 7) is 2.43. The molecule has 3 N–H and O–H groups in total. The van der Waals surface area contributed by atoms with Gasteiger partial charge in [0.05, 0.1) is 30.5 Å². The van der Waals surface area contributed by atoms with Crippen molar-refractivity contribution in [2.45, 2.75) is 11.8 Å². The average Bonchev–Trinajstić information content (AvgIpc) is 2.55. The number of rotatable bonds is 7. The monoisotopic (exact) mass is 349 g/mol. The fraction of sp³-hybridized carbons (Fsp3) is 0.188. The van der Waals surface area contributed by atoms with Crippen LogP contribution in [0.5, 0.6) is 11.5 Å². The van der Waals surface area contributed by atoms with Crippen molar-refractivity contribution < 1.29 is 17.9 Å². The normalized spacial score (nSPS) is 11.5. The molecular formula is C16H19N3O4S. The lowest BCUT2D eigenvalue weighted by Gasteiger charge is -2.09. The second kappa shape index (κ2) is 7.80. The highest BCUT2D eigenvalue weighted by molar-refractivity contribution is 7.89. The molecule has 0 heterocycles. The number of hydrazone groups is 1. The Morgan fingerprint density at radius 3 is 2.46 bits per heavy atom. The molecule has 24 heavy (non-hydrogen) atoms. The summed E-state index contributed by atoms with van der Waals surface area (Å²) in [6, 6.07) is 11.4. The van der Waals surface area contributed by atoms with Gasteiger partial charge in [-0.3, -0.25) is 5.43 Å². The molecule has 7 nitrogen and oxygen atoms in total. The van der Waals surface area contributed by atoms with Gasteiger partial charge in [-0.15, -0.1) is 0 Å². The second-order valence-corrected chi connectivity index (χ2v) is 6.34. The molecule has 2 rings (SSSR count). The summed E-state index contributed by atoms with van der Waals surface area (Å²) in [7, 11) is -2.11. The number of nitrogens with zero attached hydrogens (tertiary/aromatic N) is 1. The van der Waals surface area contributed by atoms with E-state index in [1.54, 1.807) is 31.5 Å². The molecule has 0 amide bonds. The molecule has 0 radical (unpaired) electrons. The first-order valence-electron chi connectivity index (χ1n) is 7.17. The minimum atomic E-state index is -3.69. The predicted molar refractivity (Wildman–Crippen MR) is 93.2 cm³/mol. The van der Waals surface area contributed by atoms with E-state index in [0.29, 0.717) is 23.8 Å². The first kappa shape index (κ1) is 17.8. The molecule has 0 saturated heterocycles. The number of nitrogens with one attached hydrogen (secondary N) is 1. The van der Waals surface area contributed by atoms with Crippen molar-refractivity contribution in [2.24, 2.45) is 10.2 Å². The first-order valence-corrected chi connectivity index (χ1v) is 8.71. The van der Waals surface area contributed by atoms with Crippen molar-refractivity contribution >= 4 is 21.9 Å². The molecule has 0 atom stereocenters. The van der Waals surface area contributed by atoms with Crippen LogP contribution >= 0.6 is 0 Å². The van der Waals surface area contributed by atoms with E-state index in [0.717, 1.165) is 5.56 Å². The SMILES string of the molecule is CCOc1cc(/C=N/Nc2ccc(S(N)(=O)=O)cc2)ccc1OC. The van der Waals surface area contributed by atoms with Gasteiger partial charge in [-0.1, -0.05) is 0 Å². The highest BCUT2D eigenvalue weighted by Gasteiger charge is 2.06. The maximum Gasteiger partial charge on any atom is 0.238 e. The third-order valence-electron chi connectivity index (χ3n) is 3.08. The Balaban J connectivity index is 2.07. The standard InChI is InChI=1S/C16H19N3O4S/c1-3-23-16-10-12(4-9-15(16)22-2)11-18-19-13-5-7-14(8-6-13)24(17,20)21/h4-11,19H,3H2,1-2H3,(H2,17,20,21)/b18-11+. The number of sulfonamides is 1. The van der Waals surface area contributed by atoms with Crippen LogP contribution in [0.25, 0.3) is 0 Å². The van der Waals surface area contributed by atoms with Gasteiger partial charge in [0.15, 0.2) is 11.5 Å². The Morgan fingerprint density at radius 2 is 1.88 bits per heavy atom. The summed E-state index contributed by atoms with van der Waals surface area (Å²) >= 11 is 0. The molecule has 128 valence electrons. The van der Waals surface area contributed by atoms with Crippen LogP contribution in [0, 0.1) is 0 Å². The predicted octanol–water partition coefficient (Wildman–Crippen LogP) is 2.19. The van der Waals surface area contributed by atoms with Crippen molar-refractivity contribution in [3.63, 3.8) is 0 Å². The minimum absolute atomic E-state index is 0.0496. The molecule has 2 aromatic rings. The Hall–Kier alpha value is -2.58. The molecule has 0 unspecified atom stereocenters. The Morgan fingerprint density at radius 1 is 1.17 bits per heavy atom. The van der Waals surface area contributed by atoms with Crippen LogP contribution in [0.2, 0.25) is 0 Å². The smallest absolute Gasteiger partial charge is 0.238 e. The van der Waals surface area contributed by atoms with Crippen molar-refractivity contribution in [2.75, 3.05) is 19.1 Å². The molecule has 0 aliphatic rings. The van der Waals surface area contributed by atoms with E-state index in [4.69, 9.17) is 14.6 Å². The Bertz CT molecular complexity index is 818. The highest BCUT2D eigenvalue weighted by Crippen LogP contribution is 2.27. The van der Waals surface area contributed by atoms with Crippen LogP contribution in [0.1, 0.15) is 12.5 Å². The van der Waals surface area contributed by atoms with Gasteiger partial charge in [-0.05, 0) is 55.0 Å². The van der Waals surface area contributed by atoms with E-state index in [9.17, 15) is 8.42 Å². The number of hydrogen-bond donors (Lipinski definition) is 2. The Kier molecular flexibility index (Phi) is 5.78. The maximum absolute atomic E-state index is 11.2. The van der Waals surface area contributed by atoms with E-state index in [2.05, 4.69) is 10.5 Å². The summed E-state index contributed by atoms with van der Waals surface area (Å²) in [5.74, 6) is 1.29. The third-order valence-corrected chi connectivity index (χ3v) is 4.01. The number of primary sulfonamides is 1. The molecule has 0 aromatic heterocycles. The molecule has 0 bridgehead atoms. The lowest BCUT2D eigenvalue weighted by Crippen LogP contribution is -2.11. The van der Waals surface area contributed by atoms with Gasteiger partial charge in [0.2, 0.25) is 10.0 Å².